The van der Waals surface area contributed by atoms with Crippen LogP contribution < -0.4 is 0 Å². The van der Waals surface area contributed by atoms with E-state index in [0.717, 1.165) is 83.0 Å². The second-order valence-electron chi connectivity index (χ2n) is 14.3. The summed E-state index contributed by atoms with van der Waals surface area (Å²) in [6.07, 6.45) is 0. The fraction of sp³-hybridized carbons (Fsp3) is 0. The minimum atomic E-state index is 0.601. The molecule has 0 saturated carbocycles. The number of benzene rings is 9. The van der Waals surface area contributed by atoms with E-state index in [1.54, 1.807) is 0 Å². The molecule has 0 unspecified atom stereocenters. The van der Waals surface area contributed by atoms with Gasteiger partial charge in [0.1, 0.15) is 0 Å². The zero-order valence-electron chi connectivity index (χ0n) is 31.3. The van der Waals surface area contributed by atoms with Gasteiger partial charge >= 0.3 is 0 Å². The second-order valence-corrected chi connectivity index (χ2v) is 14.3. The van der Waals surface area contributed by atoms with Crippen molar-refractivity contribution in [1.29, 1.82) is 5.26 Å². The van der Waals surface area contributed by atoms with Crippen molar-refractivity contribution in [3.8, 4) is 73.2 Å². The molecule has 4 heteroatoms. The first-order valence-corrected chi connectivity index (χ1v) is 19.2. The number of hydrogen-bond acceptors (Lipinski definition) is 3. The molecule has 10 aromatic rings. The fourth-order valence-corrected chi connectivity index (χ4v) is 8.13. The SMILES string of the molecule is [C-]#[N+]c1ccccc1-c1ccc(-c2nc(-c3ccc(-c4ccccc4C#N)cc3)nc3c(-c4cccc5ccccc45)cc(-c4cccc5ccccc45)cc23)cc1. The highest BCUT2D eigenvalue weighted by molar-refractivity contribution is 6.10. The standard InChI is InChI=1S/C54H32N4/c1-56-51-23-9-8-20-47(51)38-24-28-39(29-25-38)52-50-33-42(46-21-10-15-35-12-2-6-18-44(35)46)32-49(48-22-11-16-36-13-3-7-19-45(36)48)53(50)58-54(57-52)40-30-26-37(27-31-40)43-17-5-4-14-41(43)34-55/h2-33H. The van der Waals surface area contributed by atoms with Gasteiger partial charge in [-0.2, -0.15) is 5.26 Å². The molecule has 0 aliphatic rings. The normalized spacial score (nSPS) is 11.1. The van der Waals surface area contributed by atoms with E-state index in [1.807, 2.05) is 72.8 Å². The van der Waals surface area contributed by atoms with Gasteiger partial charge in [0.2, 0.25) is 0 Å². The Bertz CT molecular complexity index is 3280. The molecule has 0 fully saturated rings. The van der Waals surface area contributed by atoms with E-state index in [4.69, 9.17) is 16.5 Å². The van der Waals surface area contributed by atoms with Gasteiger partial charge in [-0.05, 0) is 78.7 Å². The maximum absolute atomic E-state index is 9.81. The molecule has 0 amide bonds. The summed E-state index contributed by atoms with van der Waals surface area (Å²) in [5.41, 5.74) is 12.7. The average molecular weight is 737 g/mol. The highest BCUT2D eigenvalue weighted by Gasteiger charge is 2.20. The number of rotatable bonds is 6. The summed E-state index contributed by atoms with van der Waals surface area (Å²) in [5, 5.41) is 15.4. The lowest BCUT2D eigenvalue weighted by Gasteiger charge is -2.17. The molecule has 0 radical (unpaired) electrons. The second kappa shape index (κ2) is 14.5. The number of hydrogen-bond donors (Lipinski definition) is 0. The molecule has 268 valence electrons. The van der Waals surface area contributed by atoms with Gasteiger partial charge < -0.3 is 0 Å². The Morgan fingerprint density at radius 3 is 1.66 bits per heavy atom. The van der Waals surface area contributed by atoms with Gasteiger partial charge in [0.25, 0.3) is 0 Å². The molecule has 0 aliphatic heterocycles. The predicted molar refractivity (Wildman–Crippen MR) is 238 cm³/mol. The van der Waals surface area contributed by atoms with Crippen LogP contribution in [-0.4, -0.2) is 9.97 Å². The van der Waals surface area contributed by atoms with E-state index in [-0.39, 0.29) is 0 Å². The van der Waals surface area contributed by atoms with E-state index < -0.39 is 0 Å². The highest BCUT2D eigenvalue weighted by atomic mass is 14.9. The monoisotopic (exact) mass is 736 g/mol. The summed E-state index contributed by atoms with van der Waals surface area (Å²) in [4.78, 5) is 14.6. The molecule has 9 aromatic carbocycles. The van der Waals surface area contributed by atoms with Gasteiger partial charge in [-0.1, -0.05) is 176 Å². The third kappa shape index (κ3) is 6.03. The molecule has 0 bridgehead atoms. The van der Waals surface area contributed by atoms with Gasteiger partial charge in [0.05, 0.1) is 29.4 Å². The van der Waals surface area contributed by atoms with Crippen LogP contribution in [0.2, 0.25) is 0 Å². The van der Waals surface area contributed by atoms with Crippen molar-refractivity contribution in [2.45, 2.75) is 0 Å². The molecular weight excluding hydrogens is 705 g/mol. The lowest BCUT2D eigenvalue weighted by molar-refractivity contribution is 1.23. The maximum atomic E-state index is 9.81. The molecule has 0 aliphatic carbocycles. The van der Waals surface area contributed by atoms with Gasteiger partial charge in [0.15, 0.2) is 11.5 Å². The van der Waals surface area contributed by atoms with Crippen LogP contribution in [0.25, 0.3) is 104 Å². The minimum Gasteiger partial charge on any atom is -0.238 e. The van der Waals surface area contributed by atoms with Gasteiger partial charge in [-0.15, -0.1) is 0 Å². The zero-order chi connectivity index (χ0) is 39.0. The average Bonchev–Trinajstić information content (AvgIpc) is 3.30. The van der Waals surface area contributed by atoms with Crippen molar-refractivity contribution < 1.29 is 0 Å². The van der Waals surface area contributed by atoms with Gasteiger partial charge in [0, 0.05) is 22.1 Å². The first-order valence-electron chi connectivity index (χ1n) is 19.2. The summed E-state index contributed by atoms with van der Waals surface area (Å²) in [6, 6.07) is 68.7. The number of aromatic nitrogens is 2. The van der Waals surface area contributed by atoms with Crippen molar-refractivity contribution in [3.05, 3.63) is 211 Å². The van der Waals surface area contributed by atoms with Crippen LogP contribution in [0.1, 0.15) is 5.56 Å². The van der Waals surface area contributed by atoms with E-state index in [2.05, 4.69) is 132 Å². The Labute approximate surface area is 336 Å². The Hall–Kier alpha value is -8.18. The van der Waals surface area contributed by atoms with Crippen LogP contribution >= 0.6 is 0 Å². The molecule has 10 rings (SSSR count). The topological polar surface area (TPSA) is 53.9 Å². The third-order valence-corrected chi connectivity index (χ3v) is 11.0. The van der Waals surface area contributed by atoms with E-state index in [1.165, 1.54) is 10.8 Å². The number of nitriles is 1. The molecule has 1 aromatic heterocycles. The van der Waals surface area contributed by atoms with Crippen molar-refractivity contribution >= 4 is 38.1 Å². The van der Waals surface area contributed by atoms with Crippen LogP contribution in [0.4, 0.5) is 5.69 Å². The van der Waals surface area contributed by atoms with Crippen LogP contribution in [0.15, 0.2) is 194 Å². The smallest absolute Gasteiger partial charge is 0.194 e. The Balaban J connectivity index is 1.26. The molecular formula is C54H32N4. The largest absolute Gasteiger partial charge is 0.238 e. The van der Waals surface area contributed by atoms with Gasteiger partial charge in [-0.25, -0.2) is 14.8 Å². The molecule has 0 atom stereocenters. The van der Waals surface area contributed by atoms with Crippen LogP contribution in [0.3, 0.4) is 0 Å². The molecule has 58 heavy (non-hydrogen) atoms. The van der Waals surface area contributed by atoms with Crippen molar-refractivity contribution in [1.82, 2.24) is 9.97 Å². The van der Waals surface area contributed by atoms with E-state index in [9.17, 15) is 5.26 Å². The van der Waals surface area contributed by atoms with Crippen LogP contribution in [-0.2, 0) is 0 Å². The highest BCUT2D eigenvalue weighted by Crippen LogP contribution is 2.42. The van der Waals surface area contributed by atoms with Crippen molar-refractivity contribution in [2.75, 3.05) is 0 Å². The Kier molecular flexibility index (Phi) is 8.57. The molecule has 0 N–H and O–H groups in total. The molecule has 4 nitrogen and oxygen atoms in total. The Morgan fingerprint density at radius 2 is 0.948 bits per heavy atom. The lowest BCUT2D eigenvalue weighted by atomic mass is 9.89. The molecule has 1 heterocycles. The van der Waals surface area contributed by atoms with Crippen LogP contribution in [0.5, 0.6) is 0 Å². The van der Waals surface area contributed by atoms with E-state index in [0.29, 0.717) is 17.1 Å². The summed E-state index contributed by atoms with van der Waals surface area (Å²) < 4.78 is 0. The minimum absolute atomic E-state index is 0.601. The number of nitrogens with zero attached hydrogens (tertiary/aromatic N) is 4. The first-order chi connectivity index (χ1) is 28.7. The lowest BCUT2D eigenvalue weighted by Crippen LogP contribution is -1.98. The van der Waals surface area contributed by atoms with Gasteiger partial charge in [-0.3, -0.25) is 0 Å². The summed E-state index contributed by atoms with van der Waals surface area (Å²) >= 11 is 0. The Morgan fingerprint density at radius 1 is 0.414 bits per heavy atom. The summed E-state index contributed by atoms with van der Waals surface area (Å²) in [6.45, 7) is 7.77. The zero-order valence-corrected chi connectivity index (χ0v) is 31.3. The molecule has 0 spiro atoms. The fourth-order valence-electron chi connectivity index (χ4n) is 8.13. The third-order valence-electron chi connectivity index (χ3n) is 11.0. The quantitative estimate of drug-likeness (QED) is 0.160. The maximum Gasteiger partial charge on any atom is 0.194 e. The molecule has 0 saturated heterocycles. The van der Waals surface area contributed by atoms with E-state index >= 15 is 0 Å². The summed E-state index contributed by atoms with van der Waals surface area (Å²) in [5.74, 6) is 0.601. The summed E-state index contributed by atoms with van der Waals surface area (Å²) in [7, 11) is 0. The number of para-hydroxylation sites is 1. The predicted octanol–water partition coefficient (Wildman–Crippen LogP) is 14.4. The van der Waals surface area contributed by atoms with Crippen molar-refractivity contribution in [3.63, 3.8) is 0 Å². The number of fused-ring (bicyclic) bond motifs is 3. The van der Waals surface area contributed by atoms with Crippen molar-refractivity contribution in [2.24, 2.45) is 0 Å². The van der Waals surface area contributed by atoms with Crippen LogP contribution in [0, 0.1) is 17.9 Å². The first kappa shape index (κ1) is 34.3.